The monoisotopic (exact) mass is 415 g/mol. The molecule has 1 aromatic heterocycles. The summed E-state index contributed by atoms with van der Waals surface area (Å²) in [6.45, 7) is 0.0369. The number of aromatic nitrogens is 2. The molecule has 0 aliphatic heterocycles. The lowest BCUT2D eigenvalue weighted by molar-refractivity contribution is -0.124. The molecule has 4 aromatic rings. The van der Waals surface area contributed by atoms with E-state index in [1.54, 1.807) is 25.3 Å². The third-order valence-electron chi connectivity index (χ3n) is 4.75. The van der Waals surface area contributed by atoms with Crippen molar-refractivity contribution in [2.75, 3.05) is 13.7 Å². The fourth-order valence-corrected chi connectivity index (χ4v) is 3.08. The maximum atomic E-state index is 12.4. The van der Waals surface area contributed by atoms with Crippen LogP contribution < -0.4 is 10.1 Å². The molecule has 0 aliphatic rings. The van der Waals surface area contributed by atoms with Gasteiger partial charge in [0.2, 0.25) is 0 Å². The van der Waals surface area contributed by atoms with Gasteiger partial charge in [0, 0.05) is 12.1 Å². The number of benzene rings is 3. The van der Waals surface area contributed by atoms with Crippen molar-refractivity contribution in [3.8, 4) is 17.1 Å². The zero-order chi connectivity index (χ0) is 21.6. The van der Waals surface area contributed by atoms with Crippen LogP contribution in [0.4, 0.5) is 0 Å². The molecule has 2 N–H and O–H groups in total. The van der Waals surface area contributed by atoms with E-state index < -0.39 is 5.97 Å². The molecule has 0 saturated carbocycles. The van der Waals surface area contributed by atoms with Crippen LogP contribution in [0, 0.1) is 0 Å². The zero-order valence-electron chi connectivity index (χ0n) is 16.9. The summed E-state index contributed by atoms with van der Waals surface area (Å²) >= 11 is 0. The Hall–Kier alpha value is -4.13. The first-order valence-corrected chi connectivity index (χ1v) is 9.74. The predicted octanol–water partition coefficient (Wildman–Crippen LogP) is 3.71. The molecule has 7 heteroatoms. The van der Waals surface area contributed by atoms with Gasteiger partial charge in [-0.25, -0.2) is 9.78 Å². The average molecular weight is 415 g/mol. The van der Waals surface area contributed by atoms with E-state index in [1.807, 2.05) is 54.6 Å². The number of H-pyrrole nitrogens is 1. The average Bonchev–Trinajstić information content (AvgIpc) is 3.25. The number of hydrogen-bond acceptors (Lipinski definition) is 5. The van der Waals surface area contributed by atoms with Crippen LogP contribution in [0.25, 0.3) is 22.4 Å². The molecule has 0 unspecified atom stereocenters. The van der Waals surface area contributed by atoms with Crippen molar-refractivity contribution in [3.63, 3.8) is 0 Å². The Labute approximate surface area is 179 Å². The number of carbonyl (C=O) groups excluding carboxylic acids is 2. The Morgan fingerprint density at radius 3 is 2.52 bits per heavy atom. The summed E-state index contributed by atoms with van der Waals surface area (Å²) in [5.74, 6) is 0.514. The smallest absolute Gasteiger partial charge is 0.338 e. The van der Waals surface area contributed by atoms with Crippen LogP contribution in [-0.2, 0) is 16.1 Å². The van der Waals surface area contributed by atoms with E-state index in [0.29, 0.717) is 23.4 Å². The van der Waals surface area contributed by atoms with Gasteiger partial charge in [0.25, 0.3) is 5.91 Å². The van der Waals surface area contributed by atoms with E-state index in [0.717, 1.165) is 22.4 Å². The first-order chi connectivity index (χ1) is 15.1. The number of carbonyl (C=O) groups is 2. The first-order valence-electron chi connectivity index (χ1n) is 9.74. The van der Waals surface area contributed by atoms with Gasteiger partial charge in [-0.3, -0.25) is 4.79 Å². The van der Waals surface area contributed by atoms with Crippen LogP contribution in [0.5, 0.6) is 5.75 Å². The highest BCUT2D eigenvalue weighted by molar-refractivity contribution is 5.95. The van der Waals surface area contributed by atoms with Gasteiger partial charge < -0.3 is 19.8 Å². The maximum absolute atomic E-state index is 12.4. The number of hydrogen-bond donors (Lipinski definition) is 2. The van der Waals surface area contributed by atoms with Crippen molar-refractivity contribution in [1.82, 2.24) is 15.3 Å². The summed E-state index contributed by atoms with van der Waals surface area (Å²) < 4.78 is 10.3. The molecule has 0 bridgehead atoms. The molecule has 1 amide bonds. The van der Waals surface area contributed by atoms with Crippen LogP contribution >= 0.6 is 0 Å². The molecule has 0 aliphatic carbocycles. The van der Waals surface area contributed by atoms with Crippen molar-refractivity contribution in [2.45, 2.75) is 6.54 Å². The van der Waals surface area contributed by atoms with Gasteiger partial charge in [0.05, 0.1) is 23.7 Å². The second kappa shape index (κ2) is 9.13. The minimum absolute atomic E-state index is 0.341. The standard InChI is InChI=1S/C24H21N3O4/c1-30-19-10-7-17(8-11-19)23-26-20-12-9-18(13-21(20)27-23)24(29)31-15-22(28)25-14-16-5-3-2-4-6-16/h2-13H,14-15H2,1H3,(H,25,28)(H,26,27). The molecule has 0 atom stereocenters. The van der Waals surface area contributed by atoms with E-state index >= 15 is 0 Å². The number of rotatable bonds is 7. The Bertz CT molecular complexity index is 1200. The Morgan fingerprint density at radius 2 is 1.77 bits per heavy atom. The van der Waals surface area contributed by atoms with Crippen molar-refractivity contribution in [1.29, 1.82) is 0 Å². The normalized spacial score (nSPS) is 10.6. The third-order valence-corrected chi connectivity index (χ3v) is 4.75. The number of esters is 1. The summed E-state index contributed by atoms with van der Waals surface area (Å²) in [6.07, 6.45) is 0. The number of aromatic amines is 1. The lowest BCUT2D eigenvalue weighted by Gasteiger charge is -2.07. The van der Waals surface area contributed by atoms with Crippen molar-refractivity contribution < 1.29 is 19.1 Å². The fourth-order valence-electron chi connectivity index (χ4n) is 3.08. The van der Waals surface area contributed by atoms with E-state index in [2.05, 4.69) is 15.3 Å². The van der Waals surface area contributed by atoms with Crippen LogP contribution in [0.1, 0.15) is 15.9 Å². The van der Waals surface area contributed by atoms with Crippen LogP contribution in [0.15, 0.2) is 72.8 Å². The second-order valence-corrected chi connectivity index (χ2v) is 6.88. The van der Waals surface area contributed by atoms with Gasteiger partial charge in [0.15, 0.2) is 6.61 Å². The maximum Gasteiger partial charge on any atom is 0.338 e. The number of nitrogens with one attached hydrogen (secondary N) is 2. The lowest BCUT2D eigenvalue weighted by atomic mass is 10.2. The summed E-state index contributed by atoms with van der Waals surface area (Å²) in [4.78, 5) is 32.1. The first kappa shape index (κ1) is 20.2. The minimum Gasteiger partial charge on any atom is -0.497 e. The van der Waals surface area contributed by atoms with Crippen molar-refractivity contribution in [3.05, 3.63) is 83.9 Å². The van der Waals surface area contributed by atoms with Crippen molar-refractivity contribution in [2.24, 2.45) is 0 Å². The highest BCUT2D eigenvalue weighted by Crippen LogP contribution is 2.23. The number of imidazole rings is 1. The Balaban J connectivity index is 1.38. The molecule has 31 heavy (non-hydrogen) atoms. The quantitative estimate of drug-likeness (QED) is 0.449. The molecule has 0 spiro atoms. The second-order valence-electron chi connectivity index (χ2n) is 6.88. The van der Waals surface area contributed by atoms with Gasteiger partial charge in [-0.2, -0.15) is 0 Å². The highest BCUT2D eigenvalue weighted by Gasteiger charge is 2.13. The van der Waals surface area contributed by atoms with Crippen molar-refractivity contribution >= 4 is 22.9 Å². The Kier molecular flexibility index (Phi) is 5.93. The van der Waals surface area contributed by atoms with E-state index in [-0.39, 0.29) is 12.5 Å². The molecular weight excluding hydrogens is 394 g/mol. The van der Waals surface area contributed by atoms with Crippen LogP contribution in [0.3, 0.4) is 0 Å². The molecular formula is C24H21N3O4. The summed E-state index contributed by atoms with van der Waals surface area (Å²) in [5, 5.41) is 2.72. The molecule has 0 saturated heterocycles. The third kappa shape index (κ3) is 4.90. The van der Waals surface area contributed by atoms with Crippen LogP contribution in [-0.4, -0.2) is 35.6 Å². The molecule has 4 rings (SSSR count). The lowest BCUT2D eigenvalue weighted by Crippen LogP contribution is -2.28. The van der Waals surface area contributed by atoms with Gasteiger partial charge in [0.1, 0.15) is 11.6 Å². The van der Waals surface area contributed by atoms with Crippen LogP contribution in [0.2, 0.25) is 0 Å². The van der Waals surface area contributed by atoms with E-state index in [4.69, 9.17) is 9.47 Å². The molecule has 0 radical (unpaired) electrons. The van der Waals surface area contributed by atoms with Gasteiger partial charge in [-0.15, -0.1) is 0 Å². The summed E-state index contributed by atoms with van der Waals surface area (Å²) in [7, 11) is 1.61. The molecule has 0 fully saturated rings. The number of methoxy groups -OCH3 is 1. The van der Waals surface area contributed by atoms with E-state index in [9.17, 15) is 9.59 Å². The predicted molar refractivity (Wildman–Crippen MR) is 117 cm³/mol. The minimum atomic E-state index is -0.572. The summed E-state index contributed by atoms with van der Waals surface area (Å²) in [5.41, 5.74) is 3.64. The fraction of sp³-hybridized carbons (Fsp3) is 0.125. The topological polar surface area (TPSA) is 93.3 Å². The zero-order valence-corrected chi connectivity index (χ0v) is 16.9. The molecule has 156 valence electrons. The number of nitrogens with zero attached hydrogens (tertiary/aromatic N) is 1. The number of amides is 1. The molecule has 3 aromatic carbocycles. The largest absolute Gasteiger partial charge is 0.497 e. The molecule has 7 nitrogen and oxygen atoms in total. The van der Waals surface area contributed by atoms with Gasteiger partial charge in [-0.05, 0) is 48.0 Å². The number of ether oxygens (including phenoxy) is 2. The highest BCUT2D eigenvalue weighted by atomic mass is 16.5. The number of fused-ring (bicyclic) bond motifs is 1. The summed E-state index contributed by atoms with van der Waals surface area (Å²) in [6, 6.07) is 22.1. The molecule has 1 heterocycles. The van der Waals surface area contributed by atoms with Gasteiger partial charge in [-0.1, -0.05) is 30.3 Å². The van der Waals surface area contributed by atoms with Gasteiger partial charge >= 0.3 is 5.97 Å². The van der Waals surface area contributed by atoms with E-state index in [1.165, 1.54) is 0 Å². The SMILES string of the molecule is COc1ccc(-c2nc3ccc(C(=O)OCC(=O)NCc4ccccc4)cc3[nH]2)cc1. The Morgan fingerprint density at radius 1 is 1.00 bits per heavy atom.